The Bertz CT molecular complexity index is 466. The quantitative estimate of drug-likeness (QED) is 0.876. The highest BCUT2D eigenvalue weighted by Gasteiger charge is 2.12. The second-order valence-electron chi connectivity index (χ2n) is 3.44. The minimum absolute atomic E-state index is 0.0379. The molecule has 0 saturated carbocycles. The molecule has 1 aromatic carbocycles. The minimum atomic E-state index is -0.241. The maximum Gasteiger partial charge on any atom is 0.123 e. The molecule has 0 aliphatic carbocycles. The van der Waals surface area contributed by atoms with E-state index in [4.69, 9.17) is 5.73 Å². The number of halogens is 2. The Kier molecular flexibility index (Phi) is 3.55. The fraction of sp³-hybridized carbons (Fsp3) is 0.182. The van der Waals surface area contributed by atoms with Gasteiger partial charge in [0.15, 0.2) is 0 Å². The Morgan fingerprint density at radius 1 is 1.38 bits per heavy atom. The molecule has 0 aliphatic heterocycles. The number of nitrogens with zero attached hydrogens (tertiary/aromatic N) is 2. The van der Waals surface area contributed by atoms with Gasteiger partial charge in [0.2, 0.25) is 0 Å². The van der Waals surface area contributed by atoms with Crippen molar-refractivity contribution in [3.05, 3.63) is 51.6 Å². The predicted molar refractivity (Wildman–Crippen MR) is 68.5 cm³/mol. The molecular formula is C11H11FIN3. The van der Waals surface area contributed by atoms with Gasteiger partial charge in [-0.3, -0.25) is 4.68 Å². The molecule has 2 rings (SSSR count). The van der Waals surface area contributed by atoms with E-state index in [1.54, 1.807) is 23.0 Å². The van der Waals surface area contributed by atoms with Gasteiger partial charge < -0.3 is 5.73 Å². The topological polar surface area (TPSA) is 43.8 Å². The first-order chi connectivity index (χ1) is 7.70. The summed E-state index contributed by atoms with van der Waals surface area (Å²) in [6.07, 6.45) is 3.69. The van der Waals surface area contributed by atoms with Crippen LogP contribution in [0.5, 0.6) is 0 Å². The van der Waals surface area contributed by atoms with E-state index in [2.05, 4.69) is 27.7 Å². The zero-order valence-electron chi connectivity index (χ0n) is 8.48. The van der Waals surface area contributed by atoms with Crippen molar-refractivity contribution in [3.63, 3.8) is 0 Å². The standard InChI is InChI=1S/C11H11FIN3/c12-9-3-1-8(2-4-9)11(5-14)16-7-10(13)6-15-16/h1-4,6-7,11H,5,14H2. The molecule has 1 atom stereocenters. The van der Waals surface area contributed by atoms with Gasteiger partial charge in [0.05, 0.1) is 15.8 Å². The van der Waals surface area contributed by atoms with E-state index in [0.717, 1.165) is 9.13 Å². The molecule has 2 aromatic rings. The van der Waals surface area contributed by atoms with Crippen molar-refractivity contribution in [3.8, 4) is 0 Å². The second kappa shape index (κ2) is 4.92. The van der Waals surface area contributed by atoms with Crippen LogP contribution in [0.25, 0.3) is 0 Å². The first kappa shape index (κ1) is 11.5. The molecule has 84 valence electrons. The maximum absolute atomic E-state index is 12.8. The monoisotopic (exact) mass is 331 g/mol. The summed E-state index contributed by atoms with van der Waals surface area (Å²) >= 11 is 2.19. The van der Waals surface area contributed by atoms with Gasteiger partial charge in [-0.2, -0.15) is 5.10 Å². The van der Waals surface area contributed by atoms with Crippen LogP contribution in [0.4, 0.5) is 4.39 Å². The summed E-state index contributed by atoms with van der Waals surface area (Å²) in [7, 11) is 0. The van der Waals surface area contributed by atoms with Crippen LogP contribution in [0.2, 0.25) is 0 Å². The zero-order chi connectivity index (χ0) is 11.5. The van der Waals surface area contributed by atoms with Crippen molar-refractivity contribution in [1.29, 1.82) is 0 Å². The van der Waals surface area contributed by atoms with Gasteiger partial charge in [-0.15, -0.1) is 0 Å². The minimum Gasteiger partial charge on any atom is -0.328 e. The van der Waals surface area contributed by atoms with E-state index < -0.39 is 0 Å². The van der Waals surface area contributed by atoms with Crippen molar-refractivity contribution < 1.29 is 4.39 Å². The van der Waals surface area contributed by atoms with Gasteiger partial charge in [0.25, 0.3) is 0 Å². The largest absolute Gasteiger partial charge is 0.328 e. The number of aromatic nitrogens is 2. The van der Waals surface area contributed by atoms with Crippen LogP contribution < -0.4 is 5.73 Å². The van der Waals surface area contributed by atoms with Crippen LogP contribution in [0.3, 0.4) is 0 Å². The van der Waals surface area contributed by atoms with Crippen molar-refractivity contribution in [2.24, 2.45) is 5.73 Å². The van der Waals surface area contributed by atoms with Gasteiger partial charge in [-0.05, 0) is 40.3 Å². The molecular weight excluding hydrogens is 320 g/mol. The molecule has 1 heterocycles. The van der Waals surface area contributed by atoms with Gasteiger partial charge in [0.1, 0.15) is 5.82 Å². The molecule has 0 bridgehead atoms. The third kappa shape index (κ3) is 2.41. The number of benzene rings is 1. The summed E-state index contributed by atoms with van der Waals surface area (Å²) in [6.45, 7) is 0.434. The summed E-state index contributed by atoms with van der Waals surface area (Å²) in [5.41, 5.74) is 6.69. The van der Waals surface area contributed by atoms with Crippen LogP contribution in [0, 0.1) is 9.39 Å². The molecule has 1 aromatic heterocycles. The molecule has 5 heteroatoms. The number of hydrogen-bond donors (Lipinski definition) is 1. The van der Waals surface area contributed by atoms with Crippen molar-refractivity contribution >= 4 is 22.6 Å². The van der Waals surface area contributed by atoms with Gasteiger partial charge in [-0.25, -0.2) is 4.39 Å². The number of nitrogens with two attached hydrogens (primary N) is 1. The van der Waals surface area contributed by atoms with Gasteiger partial charge in [-0.1, -0.05) is 12.1 Å². The van der Waals surface area contributed by atoms with E-state index in [0.29, 0.717) is 6.54 Å². The molecule has 0 amide bonds. The summed E-state index contributed by atoms with van der Waals surface area (Å²) < 4.78 is 15.7. The summed E-state index contributed by atoms with van der Waals surface area (Å²) in [5.74, 6) is -0.241. The molecule has 2 N–H and O–H groups in total. The molecule has 3 nitrogen and oxygen atoms in total. The Morgan fingerprint density at radius 2 is 2.06 bits per heavy atom. The van der Waals surface area contributed by atoms with E-state index in [1.807, 2.05) is 6.20 Å². The lowest BCUT2D eigenvalue weighted by atomic mass is 10.1. The van der Waals surface area contributed by atoms with Gasteiger partial charge >= 0.3 is 0 Å². The highest BCUT2D eigenvalue weighted by Crippen LogP contribution is 2.18. The lowest BCUT2D eigenvalue weighted by Gasteiger charge is -2.15. The highest BCUT2D eigenvalue weighted by molar-refractivity contribution is 14.1. The molecule has 0 radical (unpaired) electrons. The number of rotatable bonds is 3. The van der Waals surface area contributed by atoms with Crippen LogP contribution in [-0.2, 0) is 0 Å². The molecule has 1 unspecified atom stereocenters. The van der Waals surface area contributed by atoms with Crippen LogP contribution in [0.15, 0.2) is 36.7 Å². The average Bonchev–Trinajstić information content (AvgIpc) is 2.69. The predicted octanol–water partition coefficient (Wildman–Crippen LogP) is 2.17. The van der Waals surface area contributed by atoms with Crippen LogP contribution >= 0.6 is 22.6 Å². The molecule has 0 aliphatic rings. The smallest absolute Gasteiger partial charge is 0.123 e. The Balaban J connectivity index is 2.32. The molecule has 16 heavy (non-hydrogen) atoms. The molecule has 0 saturated heterocycles. The third-order valence-electron chi connectivity index (χ3n) is 2.37. The first-order valence-electron chi connectivity index (χ1n) is 4.86. The Hall–Kier alpha value is -0.950. The third-order valence-corrected chi connectivity index (χ3v) is 2.92. The lowest BCUT2D eigenvalue weighted by Crippen LogP contribution is -2.20. The molecule has 0 fully saturated rings. The van der Waals surface area contributed by atoms with Crippen molar-refractivity contribution in [2.45, 2.75) is 6.04 Å². The van der Waals surface area contributed by atoms with E-state index in [-0.39, 0.29) is 11.9 Å². The summed E-state index contributed by atoms with van der Waals surface area (Å²) in [5, 5.41) is 4.22. The van der Waals surface area contributed by atoms with E-state index in [9.17, 15) is 4.39 Å². The van der Waals surface area contributed by atoms with Gasteiger partial charge in [0, 0.05) is 12.7 Å². The zero-order valence-corrected chi connectivity index (χ0v) is 10.6. The van der Waals surface area contributed by atoms with E-state index >= 15 is 0 Å². The summed E-state index contributed by atoms with van der Waals surface area (Å²) in [6, 6.07) is 6.31. The SMILES string of the molecule is NCC(c1ccc(F)cc1)n1cc(I)cn1. The van der Waals surface area contributed by atoms with Crippen molar-refractivity contribution in [1.82, 2.24) is 9.78 Å². The average molecular weight is 331 g/mol. The summed E-state index contributed by atoms with van der Waals surface area (Å²) in [4.78, 5) is 0. The highest BCUT2D eigenvalue weighted by atomic mass is 127. The van der Waals surface area contributed by atoms with Crippen LogP contribution in [-0.4, -0.2) is 16.3 Å². The fourth-order valence-corrected chi connectivity index (χ4v) is 1.98. The normalized spacial score (nSPS) is 12.7. The lowest BCUT2D eigenvalue weighted by molar-refractivity contribution is 0.530. The van der Waals surface area contributed by atoms with Crippen molar-refractivity contribution in [2.75, 3.05) is 6.54 Å². The Morgan fingerprint density at radius 3 is 2.56 bits per heavy atom. The maximum atomic E-state index is 12.8. The van der Waals surface area contributed by atoms with E-state index in [1.165, 1.54) is 12.1 Å². The fourth-order valence-electron chi connectivity index (χ4n) is 1.57. The first-order valence-corrected chi connectivity index (χ1v) is 5.94. The Labute approximate surface area is 107 Å². The van der Waals surface area contributed by atoms with Crippen LogP contribution in [0.1, 0.15) is 11.6 Å². The second-order valence-corrected chi connectivity index (χ2v) is 4.69. The molecule has 0 spiro atoms. The number of hydrogen-bond acceptors (Lipinski definition) is 2.